The van der Waals surface area contributed by atoms with Crippen molar-refractivity contribution in [2.75, 3.05) is 17.3 Å². The van der Waals surface area contributed by atoms with Gasteiger partial charge in [0.15, 0.2) is 4.34 Å². The van der Waals surface area contributed by atoms with E-state index in [1.54, 1.807) is 11.9 Å². The SMILES string of the molecule is CC(Sc1nnc(NCc2ccccc2)s1)C(=O)N(C)c1ccccc1. The van der Waals surface area contributed by atoms with E-state index >= 15 is 0 Å². The molecule has 0 fully saturated rings. The van der Waals surface area contributed by atoms with E-state index in [4.69, 9.17) is 0 Å². The van der Waals surface area contributed by atoms with Crippen LogP contribution in [0.15, 0.2) is 65.0 Å². The van der Waals surface area contributed by atoms with Gasteiger partial charge in [0, 0.05) is 19.3 Å². The van der Waals surface area contributed by atoms with Crippen LogP contribution < -0.4 is 10.2 Å². The molecule has 134 valence electrons. The standard InChI is InChI=1S/C19H20N4OS2/c1-14(17(24)23(2)16-11-7-4-8-12-16)25-19-22-21-18(26-19)20-13-15-9-5-3-6-10-15/h3-12,14H,13H2,1-2H3,(H,20,21). The number of amides is 1. The molecule has 2 aromatic carbocycles. The number of nitrogens with zero attached hydrogens (tertiary/aromatic N) is 3. The molecule has 0 saturated carbocycles. The van der Waals surface area contributed by atoms with Crippen LogP contribution in [0.25, 0.3) is 0 Å². The van der Waals surface area contributed by atoms with Gasteiger partial charge < -0.3 is 10.2 Å². The molecule has 26 heavy (non-hydrogen) atoms. The third-order valence-corrected chi connectivity index (χ3v) is 5.85. The normalized spacial score (nSPS) is 11.8. The van der Waals surface area contributed by atoms with Crippen molar-refractivity contribution >= 4 is 39.8 Å². The second kappa shape index (κ2) is 8.82. The largest absolute Gasteiger partial charge is 0.356 e. The predicted molar refractivity (Wildman–Crippen MR) is 109 cm³/mol. The first kappa shape index (κ1) is 18.4. The summed E-state index contributed by atoms with van der Waals surface area (Å²) in [5, 5.41) is 12.1. The van der Waals surface area contributed by atoms with Crippen LogP contribution in [-0.4, -0.2) is 28.4 Å². The Morgan fingerprint density at radius 1 is 1.12 bits per heavy atom. The summed E-state index contributed by atoms with van der Waals surface area (Å²) in [4.78, 5) is 14.3. The van der Waals surface area contributed by atoms with Gasteiger partial charge in [0.1, 0.15) is 0 Å². The zero-order chi connectivity index (χ0) is 18.4. The number of thioether (sulfide) groups is 1. The molecule has 3 aromatic rings. The maximum absolute atomic E-state index is 12.6. The molecule has 0 spiro atoms. The van der Waals surface area contributed by atoms with Crippen LogP contribution >= 0.6 is 23.1 Å². The summed E-state index contributed by atoms with van der Waals surface area (Å²) in [5.41, 5.74) is 2.07. The van der Waals surface area contributed by atoms with Gasteiger partial charge in [-0.25, -0.2) is 0 Å². The number of hydrogen-bond donors (Lipinski definition) is 1. The number of rotatable bonds is 7. The second-order valence-corrected chi connectivity index (χ2v) is 8.27. The molecule has 1 N–H and O–H groups in total. The number of aromatic nitrogens is 2. The van der Waals surface area contributed by atoms with Gasteiger partial charge in [0.2, 0.25) is 11.0 Å². The molecule has 5 nitrogen and oxygen atoms in total. The maximum Gasteiger partial charge on any atom is 0.240 e. The smallest absolute Gasteiger partial charge is 0.240 e. The number of para-hydroxylation sites is 1. The van der Waals surface area contributed by atoms with Gasteiger partial charge in [0.25, 0.3) is 0 Å². The van der Waals surface area contributed by atoms with Crippen LogP contribution in [0, 0.1) is 0 Å². The van der Waals surface area contributed by atoms with Crippen molar-refractivity contribution in [1.29, 1.82) is 0 Å². The Morgan fingerprint density at radius 2 is 1.77 bits per heavy atom. The summed E-state index contributed by atoms with van der Waals surface area (Å²) in [7, 11) is 1.79. The molecule has 1 amide bonds. The van der Waals surface area contributed by atoms with Crippen molar-refractivity contribution in [2.24, 2.45) is 0 Å². The summed E-state index contributed by atoms with van der Waals surface area (Å²) < 4.78 is 0.780. The van der Waals surface area contributed by atoms with Crippen molar-refractivity contribution in [3.05, 3.63) is 66.2 Å². The van der Waals surface area contributed by atoms with Crippen molar-refractivity contribution in [2.45, 2.75) is 23.1 Å². The molecule has 1 heterocycles. The molecule has 1 aromatic heterocycles. The number of benzene rings is 2. The maximum atomic E-state index is 12.6. The molecule has 0 aliphatic rings. The van der Waals surface area contributed by atoms with Gasteiger partial charge >= 0.3 is 0 Å². The highest BCUT2D eigenvalue weighted by molar-refractivity contribution is 8.02. The fourth-order valence-electron chi connectivity index (χ4n) is 2.36. The Morgan fingerprint density at radius 3 is 2.46 bits per heavy atom. The number of carbonyl (C=O) groups is 1. The molecule has 1 unspecified atom stereocenters. The van der Waals surface area contributed by atoms with Crippen molar-refractivity contribution in [3.8, 4) is 0 Å². The summed E-state index contributed by atoms with van der Waals surface area (Å²) >= 11 is 2.90. The minimum atomic E-state index is -0.241. The average molecular weight is 385 g/mol. The van der Waals surface area contributed by atoms with Crippen LogP contribution in [0.5, 0.6) is 0 Å². The Hall–Kier alpha value is -2.38. The van der Waals surface area contributed by atoms with E-state index < -0.39 is 0 Å². The van der Waals surface area contributed by atoms with Gasteiger partial charge in [-0.15, -0.1) is 10.2 Å². The molecule has 3 rings (SSSR count). The summed E-state index contributed by atoms with van der Waals surface area (Å²) in [5.74, 6) is 0.0372. The number of carbonyl (C=O) groups excluding carboxylic acids is 1. The third kappa shape index (κ3) is 4.83. The van der Waals surface area contributed by atoms with E-state index in [0.717, 1.165) is 15.2 Å². The quantitative estimate of drug-likeness (QED) is 0.616. The monoisotopic (exact) mass is 384 g/mol. The number of anilines is 2. The molecule has 7 heteroatoms. The lowest BCUT2D eigenvalue weighted by molar-refractivity contribution is -0.117. The number of hydrogen-bond acceptors (Lipinski definition) is 6. The highest BCUT2D eigenvalue weighted by Crippen LogP contribution is 2.30. The van der Waals surface area contributed by atoms with E-state index in [-0.39, 0.29) is 11.2 Å². The number of nitrogens with one attached hydrogen (secondary N) is 1. The first-order valence-corrected chi connectivity index (χ1v) is 9.93. The fourth-order valence-corrected chi connectivity index (χ4v) is 4.34. The highest BCUT2D eigenvalue weighted by atomic mass is 32.2. The predicted octanol–water partition coefficient (Wildman–Crippen LogP) is 4.29. The van der Waals surface area contributed by atoms with Crippen LogP contribution in [0.4, 0.5) is 10.8 Å². The van der Waals surface area contributed by atoms with Gasteiger partial charge in [-0.3, -0.25) is 4.79 Å². The van der Waals surface area contributed by atoms with Crippen LogP contribution in [-0.2, 0) is 11.3 Å². The van der Waals surface area contributed by atoms with Gasteiger partial charge in [-0.1, -0.05) is 71.6 Å². The Labute approximate surface area is 161 Å². The Bertz CT molecular complexity index is 839. The first-order valence-electron chi connectivity index (χ1n) is 8.24. The lowest BCUT2D eigenvalue weighted by Gasteiger charge is -2.20. The minimum Gasteiger partial charge on any atom is -0.356 e. The zero-order valence-electron chi connectivity index (χ0n) is 14.6. The minimum absolute atomic E-state index is 0.0372. The summed E-state index contributed by atoms with van der Waals surface area (Å²) in [6.45, 7) is 2.59. The van der Waals surface area contributed by atoms with Crippen molar-refractivity contribution in [1.82, 2.24) is 10.2 Å². The van der Waals surface area contributed by atoms with Crippen LogP contribution in [0.3, 0.4) is 0 Å². The Balaban J connectivity index is 1.55. The Kier molecular flexibility index (Phi) is 6.25. The summed E-state index contributed by atoms with van der Waals surface area (Å²) in [6.07, 6.45) is 0. The van der Waals surface area contributed by atoms with E-state index in [2.05, 4.69) is 27.6 Å². The fraction of sp³-hybridized carbons (Fsp3) is 0.211. The van der Waals surface area contributed by atoms with Gasteiger partial charge in [0.05, 0.1) is 5.25 Å². The summed E-state index contributed by atoms with van der Waals surface area (Å²) in [6, 6.07) is 19.8. The average Bonchev–Trinajstić information content (AvgIpc) is 3.14. The van der Waals surface area contributed by atoms with Crippen molar-refractivity contribution in [3.63, 3.8) is 0 Å². The van der Waals surface area contributed by atoms with Crippen LogP contribution in [0.1, 0.15) is 12.5 Å². The topological polar surface area (TPSA) is 58.1 Å². The molecular formula is C19H20N4OS2. The molecule has 1 atom stereocenters. The highest BCUT2D eigenvalue weighted by Gasteiger charge is 2.21. The second-order valence-electron chi connectivity index (χ2n) is 5.71. The molecule has 0 saturated heterocycles. The molecule has 0 radical (unpaired) electrons. The van der Waals surface area contributed by atoms with Gasteiger partial charge in [-0.2, -0.15) is 0 Å². The van der Waals surface area contributed by atoms with E-state index in [1.165, 1.54) is 28.7 Å². The lowest BCUT2D eigenvalue weighted by atomic mass is 10.2. The zero-order valence-corrected chi connectivity index (χ0v) is 16.3. The molecule has 0 aliphatic heterocycles. The van der Waals surface area contributed by atoms with E-state index in [9.17, 15) is 4.79 Å². The van der Waals surface area contributed by atoms with E-state index in [0.29, 0.717) is 6.54 Å². The van der Waals surface area contributed by atoms with E-state index in [1.807, 2.05) is 55.5 Å². The lowest BCUT2D eigenvalue weighted by Crippen LogP contribution is -2.33. The molecule has 0 aliphatic carbocycles. The van der Waals surface area contributed by atoms with Crippen molar-refractivity contribution < 1.29 is 4.79 Å². The van der Waals surface area contributed by atoms with Crippen LogP contribution in [0.2, 0.25) is 0 Å². The molecular weight excluding hydrogens is 364 g/mol. The third-order valence-electron chi connectivity index (χ3n) is 3.79. The first-order chi connectivity index (χ1) is 12.6. The molecule has 0 bridgehead atoms. The van der Waals surface area contributed by atoms with Gasteiger partial charge in [-0.05, 0) is 24.6 Å².